The highest BCUT2D eigenvalue weighted by molar-refractivity contribution is 5.48. The Labute approximate surface area is 92.9 Å². The van der Waals surface area contributed by atoms with Crippen molar-refractivity contribution in [3.05, 3.63) is 40.7 Å². The largest absolute Gasteiger partial charge is 0.280 e. The number of hydrogen-bond donors (Lipinski definition) is 0. The molecule has 2 heterocycles. The average Bonchev–Trinajstić information content (AvgIpc) is 2.60. The summed E-state index contributed by atoms with van der Waals surface area (Å²) in [5.41, 5.74) is 2.65. The molecule has 3 nitrogen and oxygen atoms in total. The molecular formula is C12H12FN3. The Kier molecular flexibility index (Phi) is 1.87. The van der Waals surface area contributed by atoms with Gasteiger partial charge in [0, 0.05) is 6.42 Å². The fourth-order valence-electron chi connectivity index (χ4n) is 2.35. The van der Waals surface area contributed by atoms with Crippen LogP contribution in [-0.4, -0.2) is 14.8 Å². The molecule has 0 atom stereocenters. The van der Waals surface area contributed by atoms with Gasteiger partial charge in [-0.2, -0.15) is 0 Å². The van der Waals surface area contributed by atoms with E-state index in [9.17, 15) is 4.39 Å². The first-order valence-electron chi connectivity index (χ1n) is 5.37. The summed E-state index contributed by atoms with van der Waals surface area (Å²) in [6, 6.07) is 3.61. The number of aromatic nitrogens is 3. The predicted molar refractivity (Wildman–Crippen MR) is 58.2 cm³/mol. The maximum Gasteiger partial charge on any atom is 0.147 e. The highest BCUT2D eigenvalue weighted by atomic mass is 19.1. The van der Waals surface area contributed by atoms with E-state index in [1.54, 1.807) is 6.07 Å². The van der Waals surface area contributed by atoms with Gasteiger partial charge in [-0.05, 0) is 37.5 Å². The summed E-state index contributed by atoms with van der Waals surface area (Å²) in [4.78, 5) is 0. The van der Waals surface area contributed by atoms with Gasteiger partial charge in [-0.3, -0.25) is 4.57 Å². The molecule has 1 aromatic heterocycles. The summed E-state index contributed by atoms with van der Waals surface area (Å²) in [6.45, 7) is 3.77. The van der Waals surface area contributed by atoms with Crippen molar-refractivity contribution in [2.24, 2.45) is 0 Å². The van der Waals surface area contributed by atoms with E-state index in [1.165, 1.54) is 0 Å². The van der Waals surface area contributed by atoms with Gasteiger partial charge in [0.05, 0.1) is 5.69 Å². The molecule has 1 aromatic carbocycles. The van der Waals surface area contributed by atoms with E-state index in [0.29, 0.717) is 5.69 Å². The van der Waals surface area contributed by atoms with Crippen molar-refractivity contribution in [2.75, 3.05) is 0 Å². The lowest BCUT2D eigenvalue weighted by Crippen LogP contribution is -2.15. The summed E-state index contributed by atoms with van der Waals surface area (Å²) < 4.78 is 15.8. The number of hydrogen-bond acceptors (Lipinski definition) is 2. The second kappa shape index (κ2) is 3.14. The van der Waals surface area contributed by atoms with Crippen LogP contribution >= 0.6 is 0 Å². The standard InChI is InChI=1S/C12H12FN3/c1-7-5-9-3-4-11-15-14-8(2)16(11)12(9)10(13)6-7/h5-6H,3-4H2,1-2H3. The highest BCUT2D eigenvalue weighted by Gasteiger charge is 2.22. The molecule has 1 aliphatic heterocycles. The first-order valence-corrected chi connectivity index (χ1v) is 5.37. The van der Waals surface area contributed by atoms with Crippen LogP contribution in [-0.2, 0) is 12.8 Å². The lowest BCUT2D eigenvalue weighted by Gasteiger charge is -2.19. The molecule has 0 radical (unpaired) electrons. The molecule has 0 fully saturated rings. The molecule has 0 aliphatic carbocycles. The topological polar surface area (TPSA) is 30.7 Å². The van der Waals surface area contributed by atoms with Gasteiger partial charge in [0.2, 0.25) is 0 Å². The quantitative estimate of drug-likeness (QED) is 0.676. The van der Waals surface area contributed by atoms with E-state index in [1.807, 2.05) is 24.5 Å². The molecule has 16 heavy (non-hydrogen) atoms. The van der Waals surface area contributed by atoms with Crippen LogP contribution < -0.4 is 0 Å². The maximum atomic E-state index is 14.0. The van der Waals surface area contributed by atoms with Gasteiger partial charge < -0.3 is 0 Å². The predicted octanol–water partition coefficient (Wildman–Crippen LogP) is 2.12. The van der Waals surface area contributed by atoms with Crippen LogP contribution in [0.1, 0.15) is 22.8 Å². The molecule has 2 aromatic rings. The Morgan fingerprint density at radius 1 is 1.19 bits per heavy atom. The van der Waals surface area contributed by atoms with Crippen LogP contribution in [0.4, 0.5) is 4.39 Å². The lowest BCUT2D eigenvalue weighted by molar-refractivity contribution is 0.600. The van der Waals surface area contributed by atoms with Gasteiger partial charge >= 0.3 is 0 Å². The fourth-order valence-corrected chi connectivity index (χ4v) is 2.35. The lowest BCUT2D eigenvalue weighted by atomic mass is 10.0. The molecule has 0 saturated carbocycles. The van der Waals surface area contributed by atoms with Gasteiger partial charge in [-0.25, -0.2) is 4.39 Å². The number of benzene rings is 1. The Balaban J connectivity index is 2.35. The van der Waals surface area contributed by atoms with Crippen molar-refractivity contribution < 1.29 is 4.39 Å². The van der Waals surface area contributed by atoms with Crippen molar-refractivity contribution in [3.8, 4) is 5.69 Å². The van der Waals surface area contributed by atoms with Gasteiger partial charge in [0.25, 0.3) is 0 Å². The van der Waals surface area contributed by atoms with Crippen LogP contribution in [0.25, 0.3) is 5.69 Å². The molecule has 0 N–H and O–H groups in total. The van der Waals surface area contributed by atoms with E-state index in [0.717, 1.165) is 35.6 Å². The summed E-state index contributed by atoms with van der Waals surface area (Å²) >= 11 is 0. The molecule has 0 bridgehead atoms. The third-order valence-corrected chi connectivity index (χ3v) is 3.02. The Hall–Kier alpha value is -1.71. The minimum atomic E-state index is -0.182. The third kappa shape index (κ3) is 1.19. The molecule has 0 spiro atoms. The Morgan fingerprint density at radius 2 is 2.00 bits per heavy atom. The molecule has 0 unspecified atom stereocenters. The van der Waals surface area contributed by atoms with Crippen molar-refractivity contribution >= 4 is 0 Å². The first kappa shape index (κ1) is 9.51. The molecule has 0 saturated heterocycles. The molecule has 3 rings (SSSR count). The zero-order valence-corrected chi connectivity index (χ0v) is 9.29. The Bertz CT molecular complexity index is 572. The molecular weight excluding hydrogens is 205 g/mol. The van der Waals surface area contributed by atoms with E-state index < -0.39 is 0 Å². The second-order valence-corrected chi connectivity index (χ2v) is 4.25. The number of aryl methyl sites for hydroxylation is 4. The molecule has 82 valence electrons. The average molecular weight is 217 g/mol. The van der Waals surface area contributed by atoms with Crippen LogP contribution in [0, 0.1) is 19.7 Å². The minimum absolute atomic E-state index is 0.182. The van der Waals surface area contributed by atoms with Crippen LogP contribution in [0.3, 0.4) is 0 Å². The second-order valence-electron chi connectivity index (χ2n) is 4.25. The monoisotopic (exact) mass is 217 g/mol. The Morgan fingerprint density at radius 3 is 2.81 bits per heavy atom. The van der Waals surface area contributed by atoms with Crippen molar-refractivity contribution in [2.45, 2.75) is 26.7 Å². The van der Waals surface area contributed by atoms with Gasteiger partial charge in [0.1, 0.15) is 17.5 Å². The summed E-state index contributed by atoms with van der Waals surface area (Å²) in [6.07, 6.45) is 1.67. The van der Waals surface area contributed by atoms with E-state index >= 15 is 0 Å². The number of fused-ring (bicyclic) bond motifs is 3. The smallest absolute Gasteiger partial charge is 0.147 e. The van der Waals surface area contributed by atoms with Crippen molar-refractivity contribution in [3.63, 3.8) is 0 Å². The fraction of sp³-hybridized carbons (Fsp3) is 0.333. The van der Waals surface area contributed by atoms with Gasteiger partial charge in [-0.1, -0.05) is 6.07 Å². The number of rotatable bonds is 0. The maximum absolute atomic E-state index is 14.0. The highest BCUT2D eigenvalue weighted by Crippen LogP contribution is 2.28. The minimum Gasteiger partial charge on any atom is -0.280 e. The number of nitrogens with zero attached hydrogens (tertiary/aromatic N) is 3. The molecule has 1 aliphatic rings. The van der Waals surface area contributed by atoms with Crippen LogP contribution in [0.5, 0.6) is 0 Å². The van der Waals surface area contributed by atoms with Gasteiger partial charge in [-0.15, -0.1) is 10.2 Å². The van der Waals surface area contributed by atoms with Crippen molar-refractivity contribution in [1.82, 2.24) is 14.8 Å². The molecule has 4 heteroatoms. The number of halogens is 1. The van der Waals surface area contributed by atoms with Crippen molar-refractivity contribution in [1.29, 1.82) is 0 Å². The van der Waals surface area contributed by atoms with Gasteiger partial charge in [0.15, 0.2) is 0 Å². The zero-order chi connectivity index (χ0) is 11.3. The molecule has 0 amide bonds. The zero-order valence-electron chi connectivity index (χ0n) is 9.29. The summed E-state index contributed by atoms with van der Waals surface area (Å²) in [7, 11) is 0. The normalized spacial score (nSPS) is 13.4. The van der Waals surface area contributed by atoms with Crippen LogP contribution in [0.15, 0.2) is 12.1 Å². The SMILES string of the molecule is Cc1cc(F)c2c(c1)CCc1nnc(C)n1-2. The van der Waals surface area contributed by atoms with Crippen LogP contribution in [0.2, 0.25) is 0 Å². The van der Waals surface area contributed by atoms with E-state index in [-0.39, 0.29) is 5.82 Å². The summed E-state index contributed by atoms with van der Waals surface area (Å²) in [5.74, 6) is 1.42. The summed E-state index contributed by atoms with van der Waals surface area (Å²) in [5, 5.41) is 8.07. The van der Waals surface area contributed by atoms with E-state index in [2.05, 4.69) is 10.2 Å². The van der Waals surface area contributed by atoms with E-state index in [4.69, 9.17) is 0 Å². The third-order valence-electron chi connectivity index (χ3n) is 3.02. The first-order chi connectivity index (χ1) is 7.66.